The van der Waals surface area contributed by atoms with Gasteiger partial charge in [0.25, 0.3) is 0 Å². The van der Waals surface area contributed by atoms with E-state index in [1.807, 2.05) is 23.9 Å². The molecule has 0 radical (unpaired) electrons. The van der Waals surface area contributed by atoms with Crippen molar-refractivity contribution >= 4 is 35.0 Å². The van der Waals surface area contributed by atoms with Crippen LogP contribution < -0.4 is 4.74 Å². The molecular formula is C11H12Cl2OS. The molecule has 1 aromatic rings. The molecule has 0 saturated carbocycles. The zero-order valence-electron chi connectivity index (χ0n) is 8.21. The molecule has 15 heavy (non-hydrogen) atoms. The number of benzene rings is 1. The van der Waals surface area contributed by atoms with Crippen LogP contribution in [0, 0.1) is 0 Å². The van der Waals surface area contributed by atoms with E-state index in [0.29, 0.717) is 16.1 Å². The van der Waals surface area contributed by atoms with E-state index in [1.165, 1.54) is 11.5 Å². The predicted octanol–water partition coefficient (Wildman–Crippen LogP) is 4.27. The molecule has 1 aromatic carbocycles. The molecule has 1 fully saturated rings. The van der Waals surface area contributed by atoms with E-state index in [1.54, 1.807) is 6.07 Å². The van der Waals surface area contributed by atoms with Gasteiger partial charge in [-0.15, -0.1) is 0 Å². The van der Waals surface area contributed by atoms with E-state index in [4.69, 9.17) is 27.9 Å². The number of thioether (sulfide) groups is 1. The molecule has 1 aliphatic heterocycles. The third kappa shape index (κ3) is 3.47. The second kappa shape index (κ2) is 5.33. The molecule has 1 aliphatic rings. The van der Waals surface area contributed by atoms with Crippen LogP contribution in [-0.4, -0.2) is 17.6 Å². The van der Waals surface area contributed by atoms with Crippen molar-refractivity contribution in [2.75, 3.05) is 11.5 Å². The van der Waals surface area contributed by atoms with Crippen LogP contribution in [0.15, 0.2) is 18.2 Å². The minimum Gasteiger partial charge on any atom is -0.490 e. The molecule has 1 heterocycles. The summed E-state index contributed by atoms with van der Waals surface area (Å²) in [6, 6.07) is 5.34. The molecule has 82 valence electrons. The van der Waals surface area contributed by atoms with Gasteiger partial charge in [-0.3, -0.25) is 0 Å². The highest BCUT2D eigenvalue weighted by Crippen LogP contribution is 2.27. The Labute approximate surface area is 104 Å². The Balaban J connectivity index is 2.02. The van der Waals surface area contributed by atoms with E-state index in [0.717, 1.165) is 18.6 Å². The Morgan fingerprint density at radius 2 is 1.67 bits per heavy atom. The monoisotopic (exact) mass is 262 g/mol. The van der Waals surface area contributed by atoms with Gasteiger partial charge in [-0.25, -0.2) is 0 Å². The molecule has 1 nitrogen and oxygen atoms in total. The summed E-state index contributed by atoms with van der Waals surface area (Å²) < 4.78 is 5.83. The lowest BCUT2D eigenvalue weighted by atomic mass is 10.2. The molecule has 4 heteroatoms. The van der Waals surface area contributed by atoms with Gasteiger partial charge in [-0.05, 0) is 42.5 Å². The smallest absolute Gasteiger partial charge is 0.122 e. The molecule has 0 amide bonds. The van der Waals surface area contributed by atoms with Gasteiger partial charge in [-0.1, -0.05) is 23.2 Å². The Bertz CT molecular complexity index is 317. The van der Waals surface area contributed by atoms with Crippen LogP contribution in [0.2, 0.25) is 10.0 Å². The second-order valence-corrected chi connectivity index (χ2v) is 5.63. The molecule has 0 unspecified atom stereocenters. The Morgan fingerprint density at radius 1 is 1.07 bits per heavy atom. The Kier molecular flexibility index (Phi) is 4.06. The number of hydrogen-bond acceptors (Lipinski definition) is 2. The third-order valence-corrected chi connectivity index (χ3v) is 3.79. The van der Waals surface area contributed by atoms with Crippen molar-refractivity contribution in [3.63, 3.8) is 0 Å². The maximum absolute atomic E-state index is 5.90. The number of ether oxygens (including phenoxy) is 1. The predicted molar refractivity (Wildman–Crippen MR) is 67.4 cm³/mol. The van der Waals surface area contributed by atoms with Gasteiger partial charge in [0, 0.05) is 10.0 Å². The van der Waals surface area contributed by atoms with Crippen molar-refractivity contribution in [2.24, 2.45) is 0 Å². The first-order chi connectivity index (χ1) is 7.24. The maximum Gasteiger partial charge on any atom is 0.122 e. The van der Waals surface area contributed by atoms with Crippen LogP contribution in [-0.2, 0) is 0 Å². The van der Waals surface area contributed by atoms with E-state index >= 15 is 0 Å². The fourth-order valence-corrected chi connectivity index (χ4v) is 3.15. The molecule has 0 aliphatic carbocycles. The highest BCUT2D eigenvalue weighted by Gasteiger charge is 2.15. The summed E-state index contributed by atoms with van der Waals surface area (Å²) in [6.45, 7) is 0. The van der Waals surface area contributed by atoms with Crippen molar-refractivity contribution in [2.45, 2.75) is 18.9 Å². The summed E-state index contributed by atoms with van der Waals surface area (Å²) in [7, 11) is 0. The molecule has 0 bridgehead atoms. The lowest BCUT2D eigenvalue weighted by Gasteiger charge is -2.22. The largest absolute Gasteiger partial charge is 0.490 e. The van der Waals surface area contributed by atoms with Gasteiger partial charge >= 0.3 is 0 Å². The standard InChI is InChI=1S/C11H12Cl2OS/c12-8-5-9(13)7-11(6-8)14-10-1-3-15-4-2-10/h5-7,10H,1-4H2. The van der Waals surface area contributed by atoms with Gasteiger partial charge in [0.2, 0.25) is 0 Å². The van der Waals surface area contributed by atoms with E-state index in [-0.39, 0.29) is 0 Å². The summed E-state index contributed by atoms with van der Waals surface area (Å²) in [4.78, 5) is 0. The quantitative estimate of drug-likeness (QED) is 0.788. The molecule has 1 saturated heterocycles. The zero-order valence-corrected chi connectivity index (χ0v) is 10.5. The number of rotatable bonds is 2. The maximum atomic E-state index is 5.90. The highest BCUT2D eigenvalue weighted by molar-refractivity contribution is 7.99. The lowest BCUT2D eigenvalue weighted by Crippen LogP contribution is -2.21. The van der Waals surface area contributed by atoms with Crippen molar-refractivity contribution in [1.82, 2.24) is 0 Å². The summed E-state index contributed by atoms with van der Waals surface area (Å²) >= 11 is 13.8. The normalized spacial score (nSPS) is 17.7. The van der Waals surface area contributed by atoms with Crippen LogP contribution in [0.3, 0.4) is 0 Å². The first kappa shape index (κ1) is 11.4. The number of halogens is 2. The van der Waals surface area contributed by atoms with Gasteiger partial charge in [0.05, 0.1) is 0 Å². The minimum atomic E-state index is 0.320. The fraction of sp³-hybridized carbons (Fsp3) is 0.455. The van der Waals surface area contributed by atoms with Crippen LogP contribution in [0.5, 0.6) is 5.75 Å². The topological polar surface area (TPSA) is 9.23 Å². The van der Waals surface area contributed by atoms with Crippen LogP contribution in [0.4, 0.5) is 0 Å². The fourth-order valence-electron chi connectivity index (χ4n) is 1.58. The average Bonchev–Trinajstić information content (AvgIpc) is 2.17. The van der Waals surface area contributed by atoms with Crippen molar-refractivity contribution in [1.29, 1.82) is 0 Å². The van der Waals surface area contributed by atoms with Gasteiger partial charge in [0.1, 0.15) is 11.9 Å². The summed E-state index contributed by atoms with van der Waals surface area (Å²) in [5.41, 5.74) is 0. The van der Waals surface area contributed by atoms with Crippen LogP contribution >= 0.6 is 35.0 Å². The van der Waals surface area contributed by atoms with E-state index in [9.17, 15) is 0 Å². The molecule has 0 aromatic heterocycles. The summed E-state index contributed by atoms with van der Waals surface area (Å²) in [5, 5.41) is 1.25. The van der Waals surface area contributed by atoms with Gasteiger partial charge < -0.3 is 4.74 Å². The van der Waals surface area contributed by atoms with Gasteiger partial charge in [-0.2, -0.15) is 11.8 Å². The minimum absolute atomic E-state index is 0.320. The zero-order chi connectivity index (χ0) is 10.7. The molecular weight excluding hydrogens is 251 g/mol. The molecule has 2 rings (SSSR count). The van der Waals surface area contributed by atoms with Crippen LogP contribution in [0.1, 0.15) is 12.8 Å². The summed E-state index contributed by atoms with van der Waals surface area (Å²) in [5.74, 6) is 3.14. The van der Waals surface area contributed by atoms with E-state index in [2.05, 4.69) is 0 Å². The average molecular weight is 263 g/mol. The van der Waals surface area contributed by atoms with Crippen LogP contribution in [0.25, 0.3) is 0 Å². The first-order valence-electron chi connectivity index (χ1n) is 4.94. The molecule has 0 spiro atoms. The Morgan fingerprint density at radius 3 is 2.27 bits per heavy atom. The summed E-state index contributed by atoms with van der Waals surface area (Å²) in [6.07, 6.45) is 2.53. The molecule has 0 atom stereocenters. The molecule has 0 N–H and O–H groups in total. The third-order valence-electron chi connectivity index (χ3n) is 2.31. The van der Waals surface area contributed by atoms with Gasteiger partial charge in [0.15, 0.2) is 0 Å². The first-order valence-corrected chi connectivity index (χ1v) is 6.85. The highest BCUT2D eigenvalue weighted by atomic mass is 35.5. The Hall–Kier alpha value is -0.0500. The lowest BCUT2D eigenvalue weighted by molar-refractivity contribution is 0.192. The van der Waals surface area contributed by atoms with Crippen molar-refractivity contribution < 1.29 is 4.74 Å². The second-order valence-electron chi connectivity index (χ2n) is 3.53. The number of hydrogen-bond donors (Lipinski definition) is 0. The SMILES string of the molecule is Clc1cc(Cl)cc(OC2CCSCC2)c1. The van der Waals surface area contributed by atoms with Crippen molar-refractivity contribution in [3.8, 4) is 5.75 Å². The van der Waals surface area contributed by atoms with E-state index < -0.39 is 0 Å². The van der Waals surface area contributed by atoms with Crippen molar-refractivity contribution in [3.05, 3.63) is 28.2 Å².